The van der Waals surface area contributed by atoms with E-state index in [0.29, 0.717) is 36.7 Å². The maximum atomic E-state index is 12.8. The van der Waals surface area contributed by atoms with E-state index in [9.17, 15) is 4.79 Å². The number of fused-ring (bicyclic) bond motifs is 1. The molecule has 1 fully saturated rings. The van der Waals surface area contributed by atoms with Gasteiger partial charge >= 0.3 is 0 Å². The summed E-state index contributed by atoms with van der Waals surface area (Å²) >= 11 is 0. The summed E-state index contributed by atoms with van der Waals surface area (Å²) in [4.78, 5) is 19.8. The van der Waals surface area contributed by atoms with Crippen molar-refractivity contribution in [3.05, 3.63) is 29.7 Å². The molecule has 0 aliphatic carbocycles. The quantitative estimate of drug-likeness (QED) is 0.727. The highest BCUT2D eigenvalue weighted by atomic mass is 16.5. The Morgan fingerprint density at radius 3 is 2.88 bits per heavy atom. The van der Waals surface area contributed by atoms with E-state index in [1.807, 2.05) is 36.6 Å². The van der Waals surface area contributed by atoms with Crippen LogP contribution in [-0.4, -0.2) is 66.2 Å². The van der Waals surface area contributed by atoms with Crippen LogP contribution < -0.4 is 10.1 Å². The van der Waals surface area contributed by atoms with Gasteiger partial charge in [-0.25, -0.2) is 4.98 Å². The average molecular weight is 360 g/mol. The number of ether oxygens (including phenoxy) is 2. The van der Waals surface area contributed by atoms with E-state index < -0.39 is 0 Å². The summed E-state index contributed by atoms with van der Waals surface area (Å²) in [5, 5.41) is 3.04. The summed E-state index contributed by atoms with van der Waals surface area (Å²) < 4.78 is 12.8. The molecule has 0 aromatic carbocycles. The molecule has 0 bridgehead atoms. The lowest BCUT2D eigenvalue weighted by atomic mass is 10.2. The Morgan fingerprint density at radius 2 is 2.15 bits per heavy atom. The van der Waals surface area contributed by atoms with E-state index in [-0.39, 0.29) is 5.91 Å². The van der Waals surface area contributed by atoms with Gasteiger partial charge in [0.25, 0.3) is 5.91 Å². The Bertz CT molecular complexity index is 738. The fraction of sp³-hybridized carbons (Fsp3) is 0.579. The molecule has 7 nitrogen and oxygen atoms in total. The molecule has 0 atom stereocenters. The Hall–Kier alpha value is -2.12. The number of nitrogens with zero attached hydrogens (tertiary/aromatic N) is 3. The van der Waals surface area contributed by atoms with Crippen molar-refractivity contribution in [2.45, 2.75) is 26.7 Å². The molecular formula is C19H28N4O3. The second kappa shape index (κ2) is 9.00. The fourth-order valence-corrected chi connectivity index (χ4v) is 3.26. The number of carbonyl (C=O) groups excluding carboxylic acids is 1. The standard InChI is InChI=1S/C19H28N4O3/c1-3-15-17(23-10-5-7-16(26-4-2)18(23)21-15)19(24)20-8-6-9-22-11-13-25-14-12-22/h5,7,10H,3-4,6,8-9,11-14H2,1-2H3,(H,20,24). The van der Waals surface area contributed by atoms with Crippen LogP contribution in [-0.2, 0) is 11.2 Å². The van der Waals surface area contributed by atoms with Crippen molar-refractivity contribution in [3.8, 4) is 5.75 Å². The van der Waals surface area contributed by atoms with Gasteiger partial charge in [0.1, 0.15) is 5.69 Å². The monoisotopic (exact) mass is 360 g/mol. The number of morpholine rings is 1. The van der Waals surface area contributed by atoms with Gasteiger partial charge in [0.05, 0.1) is 25.5 Å². The third kappa shape index (κ3) is 4.16. The molecule has 0 saturated carbocycles. The largest absolute Gasteiger partial charge is 0.490 e. The molecule has 1 amide bonds. The molecule has 3 heterocycles. The predicted octanol–water partition coefficient (Wildman–Crippen LogP) is 1.75. The summed E-state index contributed by atoms with van der Waals surface area (Å²) in [6.07, 6.45) is 3.49. The second-order valence-electron chi connectivity index (χ2n) is 6.32. The van der Waals surface area contributed by atoms with E-state index in [2.05, 4.69) is 15.2 Å². The van der Waals surface area contributed by atoms with Crippen molar-refractivity contribution in [2.75, 3.05) is 46.0 Å². The van der Waals surface area contributed by atoms with Crippen molar-refractivity contribution in [1.29, 1.82) is 0 Å². The topological polar surface area (TPSA) is 68.1 Å². The van der Waals surface area contributed by atoms with Gasteiger partial charge in [0.15, 0.2) is 11.4 Å². The predicted molar refractivity (Wildman–Crippen MR) is 99.9 cm³/mol. The molecule has 26 heavy (non-hydrogen) atoms. The summed E-state index contributed by atoms with van der Waals surface area (Å²) in [7, 11) is 0. The van der Waals surface area contributed by atoms with E-state index in [1.54, 1.807) is 0 Å². The normalized spacial score (nSPS) is 15.3. The molecule has 7 heteroatoms. The molecule has 142 valence electrons. The molecule has 0 unspecified atom stereocenters. The highest BCUT2D eigenvalue weighted by Crippen LogP contribution is 2.22. The van der Waals surface area contributed by atoms with Crippen LogP contribution in [0.5, 0.6) is 5.75 Å². The Labute approximate surface area is 154 Å². The molecule has 2 aromatic rings. The molecule has 2 aromatic heterocycles. The first-order valence-electron chi connectivity index (χ1n) is 9.45. The minimum Gasteiger partial charge on any atom is -0.490 e. The number of aryl methyl sites for hydroxylation is 1. The molecule has 0 radical (unpaired) electrons. The third-order valence-corrected chi connectivity index (χ3v) is 4.58. The molecule has 3 rings (SSSR count). The molecule has 1 saturated heterocycles. The zero-order valence-electron chi connectivity index (χ0n) is 15.7. The first kappa shape index (κ1) is 18.7. The number of pyridine rings is 1. The van der Waals surface area contributed by atoms with Crippen molar-refractivity contribution >= 4 is 11.6 Å². The zero-order valence-corrected chi connectivity index (χ0v) is 15.7. The van der Waals surface area contributed by atoms with Crippen LogP contribution in [0.3, 0.4) is 0 Å². The number of imidazole rings is 1. The third-order valence-electron chi connectivity index (χ3n) is 4.58. The number of carbonyl (C=O) groups is 1. The van der Waals surface area contributed by atoms with E-state index in [1.165, 1.54) is 0 Å². The van der Waals surface area contributed by atoms with Crippen LogP contribution in [0, 0.1) is 0 Å². The molecule has 1 aliphatic heterocycles. The highest BCUT2D eigenvalue weighted by molar-refractivity contribution is 5.95. The Balaban J connectivity index is 1.66. The van der Waals surface area contributed by atoms with Gasteiger partial charge in [-0.2, -0.15) is 0 Å². The van der Waals surface area contributed by atoms with Crippen molar-refractivity contribution in [3.63, 3.8) is 0 Å². The average Bonchev–Trinajstić information content (AvgIpc) is 3.06. The van der Waals surface area contributed by atoms with Crippen molar-refractivity contribution < 1.29 is 14.3 Å². The van der Waals surface area contributed by atoms with Crippen LogP contribution in [0.15, 0.2) is 18.3 Å². The number of nitrogens with one attached hydrogen (secondary N) is 1. The fourth-order valence-electron chi connectivity index (χ4n) is 3.26. The lowest BCUT2D eigenvalue weighted by molar-refractivity contribution is 0.0374. The smallest absolute Gasteiger partial charge is 0.270 e. The first-order chi connectivity index (χ1) is 12.7. The van der Waals surface area contributed by atoms with Gasteiger partial charge < -0.3 is 14.8 Å². The van der Waals surface area contributed by atoms with Crippen LogP contribution in [0.4, 0.5) is 0 Å². The maximum absolute atomic E-state index is 12.8. The van der Waals surface area contributed by atoms with Crippen LogP contribution in [0.2, 0.25) is 0 Å². The molecule has 0 spiro atoms. The van der Waals surface area contributed by atoms with E-state index in [4.69, 9.17) is 9.47 Å². The number of rotatable bonds is 8. The SMILES string of the molecule is CCOc1cccn2c(C(=O)NCCCN3CCOCC3)c(CC)nc12. The van der Waals surface area contributed by atoms with Gasteiger partial charge in [0.2, 0.25) is 0 Å². The van der Waals surface area contributed by atoms with Gasteiger partial charge in [0, 0.05) is 25.8 Å². The number of hydrogen-bond acceptors (Lipinski definition) is 5. The Morgan fingerprint density at radius 1 is 1.35 bits per heavy atom. The Kier molecular flexibility index (Phi) is 6.46. The molecule has 1 N–H and O–H groups in total. The second-order valence-corrected chi connectivity index (χ2v) is 6.32. The highest BCUT2D eigenvalue weighted by Gasteiger charge is 2.20. The van der Waals surface area contributed by atoms with Crippen LogP contribution >= 0.6 is 0 Å². The van der Waals surface area contributed by atoms with Gasteiger partial charge in [-0.1, -0.05) is 6.92 Å². The lowest BCUT2D eigenvalue weighted by Gasteiger charge is -2.26. The van der Waals surface area contributed by atoms with Gasteiger partial charge in [-0.05, 0) is 38.4 Å². The summed E-state index contributed by atoms with van der Waals surface area (Å²) in [6, 6.07) is 3.77. The number of hydrogen-bond donors (Lipinski definition) is 1. The number of amides is 1. The van der Waals surface area contributed by atoms with Crippen molar-refractivity contribution in [2.24, 2.45) is 0 Å². The minimum atomic E-state index is -0.0787. The van der Waals surface area contributed by atoms with Crippen LogP contribution in [0.25, 0.3) is 5.65 Å². The van der Waals surface area contributed by atoms with E-state index >= 15 is 0 Å². The van der Waals surface area contributed by atoms with Gasteiger partial charge in [-0.15, -0.1) is 0 Å². The van der Waals surface area contributed by atoms with Crippen LogP contribution in [0.1, 0.15) is 36.5 Å². The lowest BCUT2D eigenvalue weighted by Crippen LogP contribution is -2.38. The van der Waals surface area contributed by atoms with Crippen molar-refractivity contribution in [1.82, 2.24) is 19.6 Å². The molecule has 1 aliphatic rings. The zero-order chi connectivity index (χ0) is 18.4. The maximum Gasteiger partial charge on any atom is 0.270 e. The minimum absolute atomic E-state index is 0.0787. The summed E-state index contributed by atoms with van der Waals surface area (Å²) in [5.41, 5.74) is 2.10. The van der Waals surface area contributed by atoms with Gasteiger partial charge in [-0.3, -0.25) is 14.1 Å². The van der Waals surface area contributed by atoms with E-state index in [0.717, 1.165) is 45.0 Å². The summed E-state index contributed by atoms with van der Waals surface area (Å²) in [5.74, 6) is 0.626. The molecular weight excluding hydrogens is 332 g/mol. The first-order valence-corrected chi connectivity index (χ1v) is 9.45. The number of aromatic nitrogens is 2. The summed E-state index contributed by atoms with van der Waals surface area (Å²) in [6.45, 7) is 9.70.